The standard InChI is InChI=1S/C14H23N3O/c1-5-15-13-9-12(6-7-16-13)14(18)17-11(4)8-10(2)3/h6-7,9-11H,5,8H2,1-4H3,(H,15,16)(H,17,18). The summed E-state index contributed by atoms with van der Waals surface area (Å²) in [6.07, 6.45) is 2.64. The normalized spacial score (nSPS) is 12.3. The van der Waals surface area contributed by atoms with Gasteiger partial charge in [0.25, 0.3) is 5.91 Å². The van der Waals surface area contributed by atoms with Crippen molar-refractivity contribution >= 4 is 11.7 Å². The van der Waals surface area contributed by atoms with Gasteiger partial charge in [0.15, 0.2) is 0 Å². The van der Waals surface area contributed by atoms with Crippen LogP contribution in [0.1, 0.15) is 44.5 Å². The first-order valence-electron chi connectivity index (χ1n) is 6.53. The van der Waals surface area contributed by atoms with E-state index in [4.69, 9.17) is 0 Å². The minimum Gasteiger partial charge on any atom is -0.370 e. The maximum atomic E-state index is 12.0. The molecule has 0 aliphatic heterocycles. The fourth-order valence-corrected chi connectivity index (χ4v) is 1.92. The largest absolute Gasteiger partial charge is 0.370 e. The molecule has 0 aliphatic carbocycles. The molecule has 4 nitrogen and oxygen atoms in total. The summed E-state index contributed by atoms with van der Waals surface area (Å²) < 4.78 is 0. The fourth-order valence-electron chi connectivity index (χ4n) is 1.92. The third-order valence-corrected chi connectivity index (χ3v) is 2.58. The van der Waals surface area contributed by atoms with Crippen LogP contribution in [0, 0.1) is 5.92 Å². The average Bonchev–Trinajstić information content (AvgIpc) is 2.28. The van der Waals surface area contributed by atoms with Crippen LogP contribution in [0.5, 0.6) is 0 Å². The lowest BCUT2D eigenvalue weighted by molar-refractivity contribution is 0.0936. The van der Waals surface area contributed by atoms with Gasteiger partial charge in [-0.25, -0.2) is 4.98 Å². The van der Waals surface area contributed by atoms with Crippen LogP contribution < -0.4 is 10.6 Å². The average molecular weight is 249 g/mol. The molecule has 100 valence electrons. The summed E-state index contributed by atoms with van der Waals surface area (Å²) in [5, 5.41) is 6.10. The number of nitrogens with zero attached hydrogens (tertiary/aromatic N) is 1. The van der Waals surface area contributed by atoms with Gasteiger partial charge in [-0.3, -0.25) is 4.79 Å². The number of carbonyl (C=O) groups is 1. The predicted octanol–water partition coefficient (Wildman–Crippen LogP) is 2.68. The smallest absolute Gasteiger partial charge is 0.251 e. The van der Waals surface area contributed by atoms with Gasteiger partial charge in [0.1, 0.15) is 5.82 Å². The van der Waals surface area contributed by atoms with Gasteiger partial charge in [0.2, 0.25) is 0 Å². The van der Waals surface area contributed by atoms with Crippen LogP contribution in [0.3, 0.4) is 0 Å². The fraction of sp³-hybridized carbons (Fsp3) is 0.571. The first kappa shape index (κ1) is 14.5. The molecule has 1 unspecified atom stereocenters. The summed E-state index contributed by atoms with van der Waals surface area (Å²) in [7, 11) is 0. The number of carbonyl (C=O) groups excluding carboxylic acids is 1. The van der Waals surface area contributed by atoms with Crippen LogP contribution in [-0.4, -0.2) is 23.5 Å². The molecule has 0 spiro atoms. The zero-order valence-electron chi connectivity index (χ0n) is 11.7. The van der Waals surface area contributed by atoms with Crippen LogP contribution in [0.15, 0.2) is 18.3 Å². The molecular weight excluding hydrogens is 226 g/mol. The zero-order valence-corrected chi connectivity index (χ0v) is 11.7. The van der Waals surface area contributed by atoms with Crippen LogP contribution in [-0.2, 0) is 0 Å². The highest BCUT2D eigenvalue weighted by Gasteiger charge is 2.11. The monoisotopic (exact) mass is 249 g/mol. The zero-order chi connectivity index (χ0) is 13.5. The summed E-state index contributed by atoms with van der Waals surface area (Å²) >= 11 is 0. The molecule has 2 N–H and O–H groups in total. The number of amides is 1. The quantitative estimate of drug-likeness (QED) is 0.815. The van der Waals surface area contributed by atoms with Gasteiger partial charge < -0.3 is 10.6 Å². The summed E-state index contributed by atoms with van der Waals surface area (Å²) in [6, 6.07) is 3.70. The summed E-state index contributed by atoms with van der Waals surface area (Å²) in [5.74, 6) is 1.28. The van der Waals surface area contributed by atoms with Gasteiger partial charge in [0.05, 0.1) is 0 Å². The highest BCUT2D eigenvalue weighted by molar-refractivity contribution is 5.94. The molecule has 1 rings (SSSR count). The van der Waals surface area contributed by atoms with E-state index in [0.717, 1.165) is 18.8 Å². The van der Waals surface area contributed by atoms with Gasteiger partial charge in [-0.2, -0.15) is 0 Å². The van der Waals surface area contributed by atoms with E-state index in [9.17, 15) is 4.79 Å². The Kier molecular flexibility index (Phi) is 5.62. The van der Waals surface area contributed by atoms with Crippen molar-refractivity contribution in [2.45, 2.75) is 40.2 Å². The van der Waals surface area contributed by atoms with E-state index in [1.807, 2.05) is 13.8 Å². The first-order chi connectivity index (χ1) is 8.52. The lowest BCUT2D eigenvalue weighted by Crippen LogP contribution is -2.33. The van der Waals surface area contributed by atoms with Crippen molar-refractivity contribution in [3.8, 4) is 0 Å². The second-order valence-corrected chi connectivity index (χ2v) is 4.96. The Bertz CT molecular complexity index is 390. The number of nitrogens with one attached hydrogen (secondary N) is 2. The van der Waals surface area contributed by atoms with Crippen LogP contribution in [0.25, 0.3) is 0 Å². The van der Waals surface area contributed by atoms with Crippen molar-refractivity contribution < 1.29 is 4.79 Å². The van der Waals surface area contributed by atoms with E-state index in [1.165, 1.54) is 0 Å². The second-order valence-electron chi connectivity index (χ2n) is 4.96. The second kappa shape index (κ2) is 6.99. The van der Waals surface area contributed by atoms with Gasteiger partial charge in [-0.15, -0.1) is 0 Å². The molecule has 1 aromatic rings. The van der Waals surface area contributed by atoms with Crippen molar-refractivity contribution in [3.63, 3.8) is 0 Å². The van der Waals surface area contributed by atoms with Gasteiger partial charge in [0, 0.05) is 24.3 Å². The van der Waals surface area contributed by atoms with E-state index in [-0.39, 0.29) is 11.9 Å². The van der Waals surface area contributed by atoms with Crippen molar-refractivity contribution in [1.82, 2.24) is 10.3 Å². The number of anilines is 1. The van der Waals surface area contributed by atoms with Gasteiger partial charge in [-0.05, 0) is 38.3 Å². The molecule has 0 aromatic carbocycles. The highest BCUT2D eigenvalue weighted by Crippen LogP contribution is 2.08. The van der Waals surface area contributed by atoms with Crippen LogP contribution >= 0.6 is 0 Å². The number of pyridine rings is 1. The van der Waals surface area contributed by atoms with E-state index >= 15 is 0 Å². The maximum absolute atomic E-state index is 12.0. The molecule has 0 saturated carbocycles. The van der Waals surface area contributed by atoms with Crippen molar-refractivity contribution in [2.24, 2.45) is 5.92 Å². The molecule has 0 fully saturated rings. The lowest BCUT2D eigenvalue weighted by atomic mass is 10.0. The summed E-state index contributed by atoms with van der Waals surface area (Å²) in [5.41, 5.74) is 0.650. The Morgan fingerprint density at radius 1 is 1.39 bits per heavy atom. The number of hydrogen-bond donors (Lipinski definition) is 2. The molecule has 0 saturated heterocycles. The van der Waals surface area contributed by atoms with E-state index in [1.54, 1.807) is 18.3 Å². The third-order valence-electron chi connectivity index (χ3n) is 2.58. The van der Waals surface area contributed by atoms with Crippen LogP contribution in [0.4, 0.5) is 5.82 Å². The van der Waals surface area contributed by atoms with Gasteiger partial charge in [-0.1, -0.05) is 13.8 Å². The number of rotatable bonds is 6. The Morgan fingerprint density at radius 3 is 2.72 bits per heavy atom. The SMILES string of the molecule is CCNc1cc(C(=O)NC(C)CC(C)C)ccn1. The summed E-state index contributed by atoms with van der Waals surface area (Å²) in [6.45, 7) is 9.13. The Hall–Kier alpha value is -1.58. The molecule has 18 heavy (non-hydrogen) atoms. The molecule has 1 aromatic heterocycles. The van der Waals surface area contributed by atoms with Gasteiger partial charge >= 0.3 is 0 Å². The van der Waals surface area contributed by atoms with E-state index in [0.29, 0.717) is 11.5 Å². The molecule has 1 amide bonds. The predicted molar refractivity (Wildman–Crippen MR) is 74.8 cm³/mol. The van der Waals surface area contributed by atoms with Crippen molar-refractivity contribution in [3.05, 3.63) is 23.9 Å². The van der Waals surface area contributed by atoms with Crippen LogP contribution in [0.2, 0.25) is 0 Å². The topological polar surface area (TPSA) is 54.0 Å². The Balaban J connectivity index is 2.63. The molecule has 0 radical (unpaired) electrons. The minimum atomic E-state index is -0.0373. The number of aromatic nitrogens is 1. The minimum absolute atomic E-state index is 0.0373. The highest BCUT2D eigenvalue weighted by atomic mass is 16.1. The lowest BCUT2D eigenvalue weighted by Gasteiger charge is -2.16. The first-order valence-corrected chi connectivity index (χ1v) is 6.53. The van der Waals surface area contributed by atoms with Crippen molar-refractivity contribution in [2.75, 3.05) is 11.9 Å². The molecule has 0 aliphatic rings. The van der Waals surface area contributed by atoms with E-state index in [2.05, 4.69) is 29.5 Å². The molecule has 4 heteroatoms. The molecule has 1 atom stereocenters. The third kappa shape index (κ3) is 4.73. The maximum Gasteiger partial charge on any atom is 0.251 e. The Morgan fingerprint density at radius 2 is 2.11 bits per heavy atom. The molecule has 0 bridgehead atoms. The van der Waals surface area contributed by atoms with Crippen molar-refractivity contribution in [1.29, 1.82) is 0 Å². The van der Waals surface area contributed by atoms with E-state index < -0.39 is 0 Å². The molecular formula is C14H23N3O. The summed E-state index contributed by atoms with van der Waals surface area (Å²) in [4.78, 5) is 16.2. The Labute approximate surface area is 109 Å². The molecule has 1 heterocycles. The number of hydrogen-bond acceptors (Lipinski definition) is 3.